The summed E-state index contributed by atoms with van der Waals surface area (Å²) in [6.07, 6.45) is 24.2. The van der Waals surface area contributed by atoms with Gasteiger partial charge in [0.25, 0.3) is 0 Å². The number of hydrogen-bond donors (Lipinski definition) is 9. The quantitative estimate of drug-likeness (QED) is 0.0246. The van der Waals surface area contributed by atoms with Gasteiger partial charge in [-0.25, -0.2) is 4.79 Å². The fourth-order valence-electron chi connectivity index (χ4n) is 8.14. The van der Waals surface area contributed by atoms with Gasteiger partial charge in [-0.2, -0.15) is 0 Å². The maximum absolute atomic E-state index is 13.0. The summed E-state index contributed by atoms with van der Waals surface area (Å²) < 4.78 is 24.2. The summed E-state index contributed by atoms with van der Waals surface area (Å²) in [6.45, 7) is 3.86. The Bertz CT molecular complexity index is 1410. The van der Waals surface area contributed by atoms with E-state index in [4.69, 9.17) is 29.2 Å². The van der Waals surface area contributed by atoms with Crippen molar-refractivity contribution in [2.24, 2.45) is 11.8 Å². The summed E-state index contributed by atoms with van der Waals surface area (Å²) in [5.74, 6) is -3.56. The van der Waals surface area contributed by atoms with Crippen LogP contribution in [0.15, 0.2) is 0 Å². The second-order valence-electron chi connectivity index (χ2n) is 18.4. The van der Waals surface area contributed by atoms with Crippen molar-refractivity contribution < 1.29 is 67.8 Å². The first-order valence-corrected chi connectivity index (χ1v) is 26.9. The molecule has 1 rings (SSSR count). The van der Waals surface area contributed by atoms with Crippen LogP contribution in [0.3, 0.4) is 0 Å². The monoisotopic (exact) mass is 1020 g/mol. The molecule has 20 heteroatoms. The summed E-state index contributed by atoms with van der Waals surface area (Å²) in [5.41, 5.74) is 0. The molecule has 0 aromatic carbocycles. The van der Waals surface area contributed by atoms with Crippen LogP contribution in [0.5, 0.6) is 0 Å². The molecule has 0 aliphatic heterocycles. The Morgan fingerprint density at radius 3 is 1.39 bits per heavy atom. The Morgan fingerprint density at radius 1 is 0.443 bits per heavy atom. The molecule has 19 nitrogen and oxygen atoms in total. The molecule has 0 saturated heterocycles. The molecule has 0 bridgehead atoms. The highest BCUT2D eigenvalue weighted by molar-refractivity contribution is 7.78. The topological polar surface area (TPSA) is 277 Å². The zero-order chi connectivity index (χ0) is 51.3. The molecular formula is C50H91N5O14S. The van der Waals surface area contributed by atoms with Gasteiger partial charge in [-0.1, -0.05) is 103 Å². The van der Waals surface area contributed by atoms with Gasteiger partial charge in [-0.15, -0.1) is 0 Å². The average Bonchev–Trinajstić information content (AvgIpc) is 3.33. The van der Waals surface area contributed by atoms with Crippen molar-refractivity contribution in [1.29, 1.82) is 0 Å². The molecule has 0 aromatic heterocycles. The molecule has 0 heterocycles. The average molecular weight is 1020 g/mol. The number of ether oxygens (including phenoxy) is 4. The molecule has 0 aromatic rings. The van der Waals surface area contributed by atoms with E-state index in [9.17, 15) is 38.7 Å². The molecule has 0 unspecified atom stereocenters. The number of nitrogens with one attached hydrogen (secondary N) is 5. The highest BCUT2D eigenvalue weighted by Gasteiger charge is 2.30. The van der Waals surface area contributed by atoms with Crippen LogP contribution in [0.4, 0.5) is 0 Å². The number of carboxylic acids is 3. The lowest BCUT2D eigenvalue weighted by molar-refractivity contribution is -0.143. The first-order valence-electron chi connectivity index (χ1n) is 26.4. The van der Waals surface area contributed by atoms with Crippen LogP contribution in [-0.4, -0.2) is 141 Å². The number of amides is 4. The highest BCUT2D eigenvalue weighted by Crippen LogP contribution is 2.29. The predicted octanol–water partition coefficient (Wildman–Crippen LogP) is 6.11. The third-order valence-electron chi connectivity index (χ3n) is 12.5. The van der Waals surface area contributed by atoms with E-state index in [0.29, 0.717) is 97.7 Å². The van der Waals surface area contributed by atoms with E-state index in [1.807, 2.05) is 0 Å². The van der Waals surface area contributed by atoms with E-state index in [0.717, 1.165) is 51.4 Å². The summed E-state index contributed by atoms with van der Waals surface area (Å²) in [7, 11) is 0. The minimum absolute atomic E-state index is 0.0338. The molecule has 1 aliphatic rings. The minimum atomic E-state index is -1.19. The van der Waals surface area contributed by atoms with Gasteiger partial charge < -0.3 is 55.5 Å². The number of rotatable bonds is 49. The normalized spacial score (nSPS) is 15.4. The Balaban J connectivity index is 1.96. The van der Waals surface area contributed by atoms with Gasteiger partial charge in [-0.3, -0.25) is 33.5 Å². The number of carboxylic acid groups (broad SMARTS) is 3. The number of carbonyl (C=O) groups is 7. The fourth-order valence-corrected chi connectivity index (χ4v) is 8.38. The lowest BCUT2D eigenvalue weighted by Gasteiger charge is -2.28. The van der Waals surface area contributed by atoms with Crippen molar-refractivity contribution in [2.45, 2.75) is 192 Å². The molecule has 1 fully saturated rings. The van der Waals surface area contributed by atoms with Crippen molar-refractivity contribution in [3.8, 4) is 0 Å². The van der Waals surface area contributed by atoms with Crippen LogP contribution in [0.25, 0.3) is 0 Å². The molecule has 8 N–H and O–H groups in total. The maximum Gasteiger partial charge on any atom is 0.326 e. The number of aliphatic carboxylic acids is 3. The van der Waals surface area contributed by atoms with E-state index in [-0.39, 0.29) is 74.5 Å². The van der Waals surface area contributed by atoms with Crippen LogP contribution in [0.2, 0.25) is 0 Å². The number of hydrogen-bond acceptors (Lipinski definition) is 13. The number of carbonyl (C=O) groups excluding carboxylic acids is 4. The Hall–Kier alpha value is -3.56. The first-order chi connectivity index (χ1) is 33.9. The van der Waals surface area contributed by atoms with E-state index in [1.54, 1.807) is 0 Å². The highest BCUT2D eigenvalue weighted by atomic mass is 32.1. The Morgan fingerprint density at radius 2 is 0.886 bits per heavy atom. The van der Waals surface area contributed by atoms with Gasteiger partial charge in [0.05, 0.1) is 52.9 Å². The van der Waals surface area contributed by atoms with Crippen molar-refractivity contribution >= 4 is 54.4 Å². The summed E-state index contributed by atoms with van der Waals surface area (Å²) in [4.78, 5) is 83.0. The van der Waals surface area contributed by atoms with Gasteiger partial charge in [0.1, 0.15) is 12.1 Å². The zero-order valence-electron chi connectivity index (χ0n) is 42.2. The largest absolute Gasteiger partial charge is 0.481 e. The van der Waals surface area contributed by atoms with Crippen molar-refractivity contribution in [2.75, 3.05) is 72.5 Å². The SMILES string of the molecule is O=C(O)CCCCCCCCCCCCCCCCCCC(=O)NCC1CCC(C(=O)N[C@@H](CCC(=O)NCCOCCOCCOCCOCCC(=O)NCCCC[C@H](NS)C(=O)O)C(=O)O)CC1. The van der Waals surface area contributed by atoms with Crippen molar-refractivity contribution in [1.82, 2.24) is 26.0 Å². The summed E-state index contributed by atoms with van der Waals surface area (Å²) in [5, 5.41) is 38.5. The Kier molecular flexibility index (Phi) is 41.7. The standard InChI is InChI=1S/C50H91N5O14S/c56-44(20-15-13-11-9-7-5-3-1-2-4-6-8-10-12-14-16-21-47(59)60)53-39-40-22-24-41(25-23-40)48(61)54-42(49(62)63)26-27-45(57)52-30-32-67-34-36-69-38-37-68-35-33-66-31-28-46(58)51-29-18-17-19-43(55-70)50(64)65/h40-43,55,70H,1-39H2,(H,51,58)(H,52,57)(H,53,56)(H,54,61)(H,59,60)(H,62,63)(H,64,65)/t40?,41?,42-,43-/m0/s1. The van der Waals surface area contributed by atoms with Crippen LogP contribution >= 0.6 is 12.8 Å². The Labute approximate surface area is 423 Å². The smallest absolute Gasteiger partial charge is 0.326 e. The first kappa shape index (κ1) is 64.5. The molecule has 406 valence electrons. The van der Waals surface area contributed by atoms with Crippen LogP contribution in [0.1, 0.15) is 180 Å². The third-order valence-corrected chi connectivity index (χ3v) is 12.8. The third kappa shape index (κ3) is 39.1. The van der Waals surface area contributed by atoms with Gasteiger partial charge in [-0.05, 0) is 70.1 Å². The number of thiol groups is 1. The second-order valence-corrected chi connectivity index (χ2v) is 18.7. The maximum atomic E-state index is 13.0. The zero-order valence-corrected chi connectivity index (χ0v) is 43.1. The van der Waals surface area contributed by atoms with Crippen molar-refractivity contribution in [3.63, 3.8) is 0 Å². The molecule has 1 aliphatic carbocycles. The van der Waals surface area contributed by atoms with Gasteiger partial charge >= 0.3 is 17.9 Å². The van der Waals surface area contributed by atoms with E-state index in [1.165, 1.54) is 64.2 Å². The predicted molar refractivity (Wildman–Crippen MR) is 269 cm³/mol. The fraction of sp³-hybridized carbons (Fsp3) is 0.860. The van der Waals surface area contributed by atoms with Gasteiger partial charge in [0.15, 0.2) is 0 Å². The molecule has 0 radical (unpaired) electrons. The number of unbranched alkanes of at least 4 members (excludes halogenated alkanes) is 16. The van der Waals surface area contributed by atoms with Gasteiger partial charge in [0, 0.05) is 51.2 Å². The molecule has 4 amide bonds. The van der Waals surface area contributed by atoms with Crippen molar-refractivity contribution in [3.05, 3.63) is 0 Å². The summed E-state index contributed by atoms with van der Waals surface area (Å²) in [6, 6.07) is -1.88. The lowest BCUT2D eigenvalue weighted by atomic mass is 9.81. The second kappa shape index (κ2) is 45.3. The molecule has 70 heavy (non-hydrogen) atoms. The van der Waals surface area contributed by atoms with E-state index >= 15 is 0 Å². The minimum Gasteiger partial charge on any atom is -0.481 e. The van der Waals surface area contributed by atoms with Crippen LogP contribution < -0.4 is 26.0 Å². The van der Waals surface area contributed by atoms with Gasteiger partial charge in [0.2, 0.25) is 23.6 Å². The molecule has 0 spiro atoms. The lowest BCUT2D eigenvalue weighted by Crippen LogP contribution is -2.45. The van der Waals surface area contributed by atoms with E-state index in [2.05, 4.69) is 38.8 Å². The molecular weight excluding hydrogens is 927 g/mol. The van der Waals surface area contributed by atoms with E-state index < -0.39 is 30.0 Å². The molecule has 1 saturated carbocycles. The van der Waals surface area contributed by atoms with Crippen LogP contribution in [-0.2, 0) is 52.5 Å². The molecule has 2 atom stereocenters. The summed E-state index contributed by atoms with van der Waals surface area (Å²) >= 11 is 3.80. The van der Waals surface area contributed by atoms with Crippen LogP contribution in [0, 0.1) is 11.8 Å².